The van der Waals surface area contributed by atoms with Crippen molar-refractivity contribution in [3.05, 3.63) is 46.7 Å². The number of rotatable bonds is 5. The van der Waals surface area contributed by atoms with E-state index >= 15 is 0 Å². The molecule has 0 aliphatic carbocycles. The highest BCUT2D eigenvalue weighted by atomic mass is 35.5. The molecule has 1 unspecified atom stereocenters. The quantitative estimate of drug-likeness (QED) is 0.516. The topological polar surface area (TPSA) is 67.9 Å². The molecule has 0 bridgehead atoms. The van der Waals surface area contributed by atoms with E-state index in [1.165, 1.54) is 0 Å². The van der Waals surface area contributed by atoms with Crippen LogP contribution in [-0.4, -0.2) is 44.9 Å². The molecule has 1 atom stereocenters. The summed E-state index contributed by atoms with van der Waals surface area (Å²) in [6.07, 6.45) is 3.08. The van der Waals surface area contributed by atoms with Gasteiger partial charge in [0.2, 0.25) is 0 Å². The van der Waals surface area contributed by atoms with Crippen LogP contribution >= 0.6 is 11.6 Å². The number of ether oxygens (including phenoxy) is 1. The van der Waals surface area contributed by atoms with Crippen molar-refractivity contribution in [2.45, 2.75) is 20.0 Å². The van der Waals surface area contributed by atoms with Gasteiger partial charge in [-0.2, -0.15) is 9.50 Å². The molecule has 0 radical (unpaired) electrons. The molecule has 3 aromatic rings. The normalized spacial score (nSPS) is 12.7. The van der Waals surface area contributed by atoms with Crippen molar-refractivity contribution in [1.29, 1.82) is 0 Å². The summed E-state index contributed by atoms with van der Waals surface area (Å²) in [6.45, 7) is 3.91. The summed E-state index contributed by atoms with van der Waals surface area (Å²) in [5, 5.41) is 5.09. The van der Waals surface area contributed by atoms with E-state index in [1.807, 2.05) is 57.1 Å². The van der Waals surface area contributed by atoms with Gasteiger partial charge >= 0.3 is 0 Å². The number of hydrogen-bond acceptors (Lipinski definition) is 5. The molecule has 8 heteroatoms. The SMILES string of the molecule is Cc1cc(Cl)ccc1OC(C)c1ccnc2nc(/N=C/N(C)C)nn12. The fourth-order valence-corrected chi connectivity index (χ4v) is 2.55. The van der Waals surface area contributed by atoms with Gasteiger partial charge in [-0.1, -0.05) is 11.6 Å². The summed E-state index contributed by atoms with van der Waals surface area (Å²) in [7, 11) is 3.76. The third kappa shape index (κ3) is 3.88. The highest BCUT2D eigenvalue weighted by molar-refractivity contribution is 6.30. The van der Waals surface area contributed by atoms with Crippen molar-refractivity contribution in [3.63, 3.8) is 0 Å². The molecule has 1 aromatic carbocycles. The predicted octanol–water partition coefficient (Wildman–Crippen LogP) is 3.45. The maximum Gasteiger partial charge on any atom is 0.272 e. The average Bonchev–Trinajstić information content (AvgIpc) is 2.98. The van der Waals surface area contributed by atoms with E-state index in [9.17, 15) is 0 Å². The summed E-state index contributed by atoms with van der Waals surface area (Å²) in [5.74, 6) is 1.60. The zero-order valence-corrected chi connectivity index (χ0v) is 15.3. The lowest BCUT2D eigenvalue weighted by Gasteiger charge is -2.17. The number of nitrogens with zero attached hydrogens (tertiary/aromatic N) is 6. The summed E-state index contributed by atoms with van der Waals surface area (Å²) in [6, 6.07) is 7.40. The molecule has 0 spiro atoms. The molecule has 0 aliphatic rings. The van der Waals surface area contributed by atoms with Gasteiger partial charge in [0.15, 0.2) is 0 Å². The molecule has 0 aliphatic heterocycles. The zero-order chi connectivity index (χ0) is 18.0. The van der Waals surface area contributed by atoms with Gasteiger partial charge in [-0.15, -0.1) is 5.10 Å². The fraction of sp³-hybridized carbons (Fsp3) is 0.294. The number of fused-ring (bicyclic) bond motifs is 1. The van der Waals surface area contributed by atoms with Crippen LogP contribution in [0.3, 0.4) is 0 Å². The number of hydrogen-bond donors (Lipinski definition) is 0. The molecule has 0 saturated heterocycles. The first kappa shape index (κ1) is 17.2. The Morgan fingerprint density at radius 3 is 2.84 bits per heavy atom. The molecule has 0 fully saturated rings. The van der Waals surface area contributed by atoms with E-state index < -0.39 is 0 Å². The molecule has 0 saturated carbocycles. The molecule has 2 aromatic heterocycles. The van der Waals surface area contributed by atoms with Crippen LogP contribution in [0.2, 0.25) is 5.02 Å². The second-order valence-electron chi connectivity index (χ2n) is 5.87. The van der Waals surface area contributed by atoms with Gasteiger partial charge in [0.05, 0.1) is 12.0 Å². The molecule has 2 heterocycles. The van der Waals surface area contributed by atoms with E-state index in [2.05, 4.69) is 20.1 Å². The molecule has 130 valence electrons. The first-order valence-electron chi connectivity index (χ1n) is 7.79. The highest BCUT2D eigenvalue weighted by Crippen LogP contribution is 2.27. The van der Waals surface area contributed by atoms with Gasteiger partial charge in [-0.25, -0.2) is 9.98 Å². The first-order valence-corrected chi connectivity index (χ1v) is 8.17. The van der Waals surface area contributed by atoms with Crippen molar-refractivity contribution in [1.82, 2.24) is 24.5 Å². The third-order valence-electron chi connectivity index (χ3n) is 3.52. The minimum atomic E-state index is -0.252. The van der Waals surface area contributed by atoms with Crippen molar-refractivity contribution in [2.24, 2.45) is 4.99 Å². The standard InChI is InChI=1S/C17H19ClN6O/c1-11-9-13(18)5-6-15(11)25-12(2)14-7-8-19-17-21-16(22-24(14)17)20-10-23(3)4/h5-10,12H,1-4H3/b20-10+. The average molecular weight is 359 g/mol. The van der Waals surface area contributed by atoms with Gasteiger partial charge in [0.1, 0.15) is 11.9 Å². The summed E-state index contributed by atoms with van der Waals surface area (Å²) >= 11 is 6.00. The third-order valence-corrected chi connectivity index (χ3v) is 3.76. The fourth-order valence-electron chi connectivity index (χ4n) is 2.33. The Kier molecular flexibility index (Phi) is 4.85. The minimum Gasteiger partial charge on any atom is -0.484 e. The van der Waals surface area contributed by atoms with Crippen LogP contribution < -0.4 is 4.74 Å². The van der Waals surface area contributed by atoms with Crippen molar-refractivity contribution in [3.8, 4) is 5.75 Å². The highest BCUT2D eigenvalue weighted by Gasteiger charge is 2.15. The summed E-state index contributed by atoms with van der Waals surface area (Å²) in [5.41, 5.74) is 1.80. The lowest BCUT2D eigenvalue weighted by molar-refractivity contribution is 0.217. The van der Waals surface area contributed by atoms with Crippen molar-refractivity contribution in [2.75, 3.05) is 14.1 Å². The summed E-state index contributed by atoms with van der Waals surface area (Å²) in [4.78, 5) is 14.6. The summed E-state index contributed by atoms with van der Waals surface area (Å²) < 4.78 is 7.73. The molecular formula is C17H19ClN6O. The largest absolute Gasteiger partial charge is 0.484 e. The Bertz CT molecular complexity index is 921. The number of benzene rings is 1. The second kappa shape index (κ2) is 7.06. The Labute approximate surface area is 150 Å². The predicted molar refractivity (Wildman–Crippen MR) is 97.9 cm³/mol. The van der Waals surface area contributed by atoms with Crippen LogP contribution in [-0.2, 0) is 0 Å². The molecule has 7 nitrogen and oxygen atoms in total. The van der Waals surface area contributed by atoms with Crippen LogP contribution in [0, 0.1) is 6.92 Å². The van der Waals surface area contributed by atoms with Crippen LogP contribution in [0.25, 0.3) is 5.78 Å². The smallest absolute Gasteiger partial charge is 0.272 e. The minimum absolute atomic E-state index is 0.252. The second-order valence-corrected chi connectivity index (χ2v) is 6.31. The Morgan fingerprint density at radius 1 is 1.32 bits per heavy atom. The van der Waals surface area contributed by atoms with E-state index in [0.29, 0.717) is 16.7 Å². The monoisotopic (exact) mass is 358 g/mol. The van der Waals surface area contributed by atoms with Gasteiger partial charge in [0.25, 0.3) is 11.7 Å². The molecule has 0 amide bonds. The van der Waals surface area contributed by atoms with Gasteiger partial charge in [0, 0.05) is 25.3 Å². The molecule has 0 N–H and O–H groups in total. The number of aryl methyl sites for hydroxylation is 1. The van der Waals surface area contributed by atoms with E-state index in [1.54, 1.807) is 17.1 Å². The molecular weight excluding hydrogens is 340 g/mol. The van der Waals surface area contributed by atoms with Crippen molar-refractivity contribution >= 4 is 29.7 Å². The van der Waals surface area contributed by atoms with E-state index in [-0.39, 0.29) is 6.10 Å². The lowest BCUT2D eigenvalue weighted by atomic mass is 10.2. The maximum absolute atomic E-state index is 6.08. The lowest BCUT2D eigenvalue weighted by Crippen LogP contribution is -2.10. The van der Waals surface area contributed by atoms with Crippen LogP contribution in [0.1, 0.15) is 24.3 Å². The van der Waals surface area contributed by atoms with Crippen LogP contribution in [0.4, 0.5) is 5.95 Å². The Hall–Kier alpha value is -2.67. The van der Waals surface area contributed by atoms with E-state index in [4.69, 9.17) is 16.3 Å². The number of aromatic nitrogens is 4. The van der Waals surface area contributed by atoms with Gasteiger partial charge in [-0.3, -0.25) is 0 Å². The zero-order valence-electron chi connectivity index (χ0n) is 14.5. The molecule has 25 heavy (non-hydrogen) atoms. The Balaban J connectivity index is 1.91. The van der Waals surface area contributed by atoms with Gasteiger partial charge < -0.3 is 9.64 Å². The number of halogens is 1. The van der Waals surface area contributed by atoms with Crippen molar-refractivity contribution < 1.29 is 4.74 Å². The molecule has 3 rings (SSSR count). The first-order chi connectivity index (χ1) is 11.9. The Morgan fingerprint density at radius 2 is 2.12 bits per heavy atom. The van der Waals surface area contributed by atoms with Crippen LogP contribution in [0.5, 0.6) is 5.75 Å². The van der Waals surface area contributed by atoms with E-state index in [0.717, 1.165) is 17.0 Å². The number of aliphatic imine (C=N–C) groups is 1. The van der Waals surface area contributed by atoms with Crippen LogP contribution in [0.15, 0.2) is 35.5 Å². The van der Waals surface area contributed by atoms with Gasteiger partial charge in [-0.05, 0) is 43.7 Å². The maximum atomic E-state index is 6.08.